The summed E-state index contributed by atoms with van der Waals surface area (Å²) in [5, 5.41) is 5.45. The van der Waals surface area contributed by atoms with Gasteiger partial charge in [0.2, 0.25) is 10.0 Å². The topological polar surface area (TPSA) is 97.0 Å². The molecule has 0 spiro atoms. The maximum Gasteiger partial charge on any atom is 0.319 e. The molecule has 1 saturated heterocycles. The van der Waals surface area contributed by atoms with Gasteiger partial charge in [0, 0.05) is 19.6 Å². The van der Waals surface area contributed by atoms with Gasteiger partial charge in [-0.3, -0.25) is 0 Å². The number of aryl methyl sites for hydroxylation is 1. The summed E-state index contributed by atoms with van der Waals surface area (Å²) >= 11 is 0. The maximum atomic E-state index is 12.1. The summed E-state index contributed by atoms with van der Waals surface area (Å²) in [6.07, 6.45) is 0.790. The number of benzene rings is 1. The number of nitrogens with zero attached hydrogens (tertiary/aromatic N) is 1. The van der Waals surface area contributed by atoms with Crippen LogP contribution in [0.3, 0.4) is 0 Å². The van der Waals surface area contributed by atoms with Gasteiger partial charge in [0.25, 0.3) is 0 Å². The minimum absolute atomic E-state index is 0.214. The minimum atomic E-state index is -3.25. The molecule has 24 heavy (non-hydrogen) atoms. The van der Waals surface area contributed by atoms with Crippen molar-refractivity contribution in [3.8, 4) is 5.75 Å². The molecule has 0 aromatic heterocycles. The second-order valence-electron chi connectivity index (χ2n) is 5.60. The molecule has 1 atom stereocenters. The van der Waals surface area contributed by atoms with Crippen LogP contribution >= 0.6 is 0 Å². The number of methoxy groups -OCH3 is 1. The number of sulfonamides is 1. The van der Waals surface area contributed by atoms with E-state index in [2.05, 4.69) is 10.6 Å². The molecular weight excluding hydrogens is 334 g/mol. The predicted molar refractivity (Wildman–Crippen MR) is 90.9 cm³/mol. The number of ether oxygens (including phenoxy) is 2. The number of hydrogen-bond acceptors (Lipinski definition) is 5. The van der Waals surface area contributed by atoms with E-state index in [4.69, 9.17) is 9.47 Å². The van der Waals surface area contributed by atoms with Crippen molar-refractivity contribution in [1.29, 1.82) is 0 Å². The summed E-state index contributed by atoms with van der Waals surface area (Å²) in [4.78, 5) is 12.1. The average Bonchev–Trinajstić information content (AvgIpc) is 2.54. The number of rotatable bonds is 5. The molecule has 9 heteroatoms. The van der Waals surface area contributed by atoms with Gasteiger partial charge in [-0.2, -0.15) is 4.31 Å². The van der Waals surface area contributed by atoms with Crippen molar-refractivity contribution in [2.75, 3.05) is 44.9 Å². The van der Waals surface area contributed by atoms with E-state index in [0.717, 1.165) is 5.56 Å². The summed E-state index contributed by atoms with van der Waals surface area (Å²) in [5.74, 6) is 0.572. The zero-order chi connectivity index (χ0) is 17.7. The van der Waals surface area contributed by atoms with Gasteiger partial charge in [0.15, 0.2) is 0 Å². The van der Waals surface area contributed by atoms with Crippen LogP contribution in [-0.2, 0) is 14.8 Å². The Labute approximate surface area is 142 Å². The number of para-hydroxylation sites is 1. The summed E-state index contributed by atoms with van der Waals surface area (Å²) in [6, 6.07) is 5.07. The molecule has 1 heterocycles. The number of hydrogen-bond donors (Lipinski definition) is 2. The number of amides is 2. The molecular formula is C15H23N3O5S. The molecule has 1 fully saturated rings. The van der Waals surface area contributed by atoms with Crippen molar-refractivity contribution >= 4 is 21.7 Å². The van der Waals surface area contributed by atoms with E-state index in [1.165, 1.54) is 17.7 Å². The fourth-order valence-corrected chi connectivity index (χ4v) is 3.30. The van der Waals surface area contributed by atoms with Gasteiger partial charge >= 0.3 is 6.03 Å². The highest BCUT2D eigenvalue weighted by molar-refractivity contribution is 7.88. The summed E-state index contributed by atoms with van der Waals surface area (Å²) < 4.78 is 35.2. The lowest BCUT2D eigenvalue weighted by Gasteiger charge is -2.31. The van der Waals surface area contributed by atoms with Crippen LogP contribution in [0.1, 0.15) is 5.56 Å². The van der Waals surface area contributed by atoms with E-state index in [0.29, 0.717) is 24.6 Å². The molecule has 0 aliphatic carbocycles. The second kappa shape index (κ2) is 7.82. The summed E-state index contributed by atoms with van der Waals surface area (Å²) in [7, 11) is -1.72. The van der Waals surface area contributed by atoms with E-state index in [-0.39, 0.29) is 19.2 Å². The molecule has 2 N–H and O–H groups in total. The van der Waals surface area contributed by atoms with Crippen molar-refractivity contribution < 1.29 is 22.7 Å². The smallest absolute Gasteiger partial charge is 0.319 e. The fourth-order valence-electron chi connectivity index (χ4n) is 2.45. The molecule has 1 aromatic carbocycles. The van der Waals surface area contributed by atoms with Crippen molar-refractivity contribution in [2.24, 2.45) is 0 Å². The average molecular weight is 357 g/mol. The molecule has 1 aliphatic heterocycles. The number of nitrogens with one attached hydrogen (secondary N) is 2. The Morgan fingerprint density at radius 2 is 2.21 bits per heavy atom. The van der Waals surface area contributed by atoms with E-state index in [1.807, 2.05) is 19.1 Å². The Balaban J connectivity index is 1.90. The van der Waals surface area contributed by atoms with Gasteiger partial charge in [-0.15, -0.1) is 0 Å². The number of carbonyl (C=O) groups excluding carboxylic acids is 1. The van der Waals surface area contributed by atoms with E-state index < -0.39 is 16.1 Å². The first-order valence-corrected chi connectivity index (χ1v) is 9.41. The largest absolute Gasteiger partial charge is 0.495 e. The molecule has 2 amide bonds. The zero-order valence-electron chi connectivity index (χ0n) is 14.0. The second-order valence-corrected chi connectivity index (χ2v) is 7.58. The van der Waals surface area contributed by atoms with Gasteiger partial charge in [-0.1, -0.05) is 12.1 Å². The Morgan fingerprint density at radius 3 is 2.88 bits per heavy atom. The van der Waals surface area contributed by atoms with E-state index in [1.54, 1.807) is 6.07 Å². The van der Waals surface area contributed by atoms with Crippen LogP contribution in [-0.4, -0.2) is 64.5 Å². The first-order chi connectivity index (χ1) is 11.3. The highest BCUT2D eigenvalue weighted by Crippen LogP contribution is 2.27. The molecule has 0 radical (unpaired) electrons. The van der Waals surface area contributed by atoms with Crippen molar-refractivity contribution in [3.05, 3.63) is 23.8 Å². The molecule has 0 bridgehead atoms. The highest BCUT2D eigenvalue weighted by atomic mass is 32.2. The molecule has 134 valence electrons. The number of carbonyl (C=O) groups is 1. The minimum Gasteiger partial charge on any atom is -0.495 e. The van der Waals surface area contributed by atoms with Crippen LogP contribution < -0.4 is 15.4 Å². The van der Waals surface area contributed by atoms with Crippen LogP contribution in [0.5, 0.6) is 5.75 Å². The maximum absolute atomic E-state index is 12.1. The molecule has 1 aliphatic rings. The van der Waals surface area contributed by atoms with Crippen molar-refractivity contribution in [2.45, 2.75) is 13.0 Å². The lowest BCUT2D eigenvalue weighted by atomic mass is 10.2. The first-order valence-electron chi connectivity index (χ1n) is 7.56. The summed E-state index contributed by atoms with van der Waals surface area (Å²) in [6.45, 7) is 2.96. The van der Waals surface area contributed by atoms with E-state index in [9.17, 15) is 13.2 Å². The predicted octanol–water partition coefficient (Wildman–Crippen LogP) is 0.786. The van der Waals surface area contributed by atoms with Crippen molar-refractivity contribution in [3.63, 3.8) is 0 Å². The molecule has 0 unspecified atom stereocenters. The van der Waals surface area contributed by atoms with Crippen molar-refractivity contribution in [1.82, 2.24) is 9.62 Å². The lowest BCUT2D eigenvalue weighted by molar-refractivity contribution is 0.00167. The third kappa shape index (κ3) is 4.83. The van der Waals surface area contributed by atoms with Gasteiger partial charge < -0.3 is 20.1 Å². The third-order valence-corrected chi connectivity index (χ3v) is 5.02. The zero-order valence-corrected chi connectivity index (χ0v) is 14.9. The quantitative estimate of drug-likeness (QED) is 0.812. The number of morpholine rings is 1. The van der Waals surface area contributed by atoms with Gasteiger partial charge in [0.05, 0.1) is 31.8 Å². The fraction of sp³-hybridized carbons (Fsp3) is 0.533. The van der Waals surface area contributed by atoms with Crippen LogP contribution in [0, 0.1) is 6.92 Å². The van der Waals surface area contributed by atoms with Gasteiger partial charge in [-0.25, -0.2) is 13.2 Å². The number of anilines is 1. The number of urea groups is 1. The standard InChI is InChI=1S/C15H23N3O5S/c1-11-5-4-6-13(22-2)14(11)17-15(19)16-9-12-10-18(7-8-23-12)24(3,20)21/h4-6,12H,7-10H2,1-3H3,(H2,16,17,19)/t12-/m1/s1. The van der Waals surface area contributed by atoms with Gasteiger partial charge in [0.1, 0.15) is 5.75 Å². The summed E-state index contributed by atoms with van der Waals surface area (Å²) in [5.41, 5.74) is 1.47. The van der Waals surface area contributed by atoms with Crippen LogP contribution in [0.2, 0.25) is 0 Å². The molecule has 1 aromatic rings. The molecule has 8 nitrogen and oxygen atoms in total. The van der Waals surface area contributed by atoms with E-state index >= 15 is 0 Å². The third-order valence-electron chi connectivity index (χ3n) is 3.75. The first kappa shape index (κ1) is 18.5. The monoisotopic (exact) mass is 357 g/mol. The SMILES string of the molecule is COc1cccc(C)c1NC(=O)NC[C@@H]1CN(S(C)(=O)=O)CCO1. The lowest BCUT2D eigenvalue weighted by Crippen LogP contribution is -2.49. The Morgan fingerprint density at radius 1 is 1.46 bits per heavy atom. The normalized spacial score (nSPS) is 18.9. The molecule has 2 rings (SSSR count). The Bertz CT molecular complexity index is 692. The van der Waals surface area contributed by atoms with Crippen LogP contribution in [0.15, 0.2) is 18.2 Å². The van der Waals surface area contributed by atoms with Gasteiger partial charge in [-0.05, 0) is 18.6 Å². The highest BCUT2D eigenvalue weighted by Gasteiger charge is 2.26. The van der Waals surface area contributed by atoms with Crippen LogP contribution in [0.25, 0.3) is 0 Å². The molecule has 0 saturated carbocycles. The van der Waals surface area contributed by atoms with Crippen LogP contribution in [0.4, 0.5) is 10.5 Å². The Kier molecular flexibility index (Phi) is 6.03. The Hall–Kier alpha value is -1.84.